The van der Waals surface area contributed by atoms with Gasteiger partial charge in [0.2, 0.25) is 0 Å². The van der Waals surface area contributed by atoms with E-state index in [0.717, 1.165) is 10.8 Å². The van der Waals surface area contributed by atoms with Gasteiger partial charge in [0.25, 0.3) is 0 Å². The Labute approximate surface area is 101 Å². The second kappa shape index (κ2) is 5.09. The molecule has 1 aromatic rings. The lowest BCUT2D eigenvalue weighted by molar-refractivity contribution is 0.393. The zero-order valence-electron chi connectivity index (χ0n) is 9.58. The standard InChI is InChI=1S/C13H18FNS/c1-9-2-4-10(5-3-9)16-11-6-7-13(15)12(14)8-11/h6-10H,2-5,15H2,1H3. The Bertz CT molecular complexity index is 359. The minimum atomic E-state index is -0.297. The average molecular weight is 239 g/mol. The first-order valence-electron chi connectivity index (χ1n) is 5.87. The van der Waals surface area contributed by atoms with Gasteiger partial charge in [-0.1, -0.05) is 6.92 Å². The van der Waals surface area contributed by atoms with Crippen molar-refractivity contribution in [2.24, 2.45) is 5.92 Å². The van der Waals surface area contributed by atoms with E-state index in [4.69, 9.17) is 5.73 Å². The summed E-state index contributed by atoms with van der Waals surface area (Å²) in [5.74, 6) is 0.564. The Morgan fingerprint density at radius 3 is 2.56 bits per heavy atom. The molecule has 2 rings (SSSR count). The molecule has 0 amide bonds. The van der Waals surface area contributed by atoms with Crippen molar-refractivity contribution in [3.63, 3.8) is 0 Å². The van der Waals surface area contributed by atoms with Crippen LogP contribution in [-0.4, -0.2) is 5.25 Å². The molecule has 0 radical (unpaired) electrons. The van der Waals surface area contributed by atoms with Gasteiger partial charge in [-0.2, -0.15) is 0 Å². The van der Waals surface area contributed by atoms with E-state index in [9.17, 15) is 4.39 Å². The first-order chi connectivity index (χ1) is 7.65. The summed E-state index contributed by atoms with van der Waals surface area (Å²) in [6.45, 7) is 2.31. The summed E-state index contributed by atoms with van der Waals surface area (Å²) < 4.78 is 13.3. The van der Waals surface area contributed by atoms with Crippen LogP contribution in [-0.2, 0) is 0 Å². The number of rotatable bonds is 2. The van der Waals surface area contributed by atoms with Crippen molar-refractivity contribution in [2.75, 3.05) is 5.73 Å². The molecule has 0 bridgehead atoms. The maximum atomic E-state index is 13.3. The van der Waals surface area contributed by atoms with Crippen molar-refractivity contribution in [1.82, 2.24) is 0 Å². The fourth-order valence-electron chi connectivity index (χ4n) is 2.12. The third-order valence-corrected chi connectivity index (χ3v) is 4.57. The Hall–Kier alpha value is -0.700. The summed E-state index contributed by atoms with van der Waals surface area (Å²) in [5, 5.41) is 0.652. The van der Waals surface area contributed by atoms with E-state index >= 15 is 0 Å². The van der Waals surface area contributed by atoms with Crippen LogP contribution in [0.3, 0.4) is 0 Å². The number of nitrogen functional groups attached to an aromatic ring is 1. The van der Waals surface area contributed by atoms with Gasteiger partial charge in [-0.3, -0.25) is 0 Å². The lowest BCUT2D eigenvalue weighted by atomic mass is 9.91. The summed E-state index contributed by atoms with van der Waals surface area (Å²) in [4.78, 5) is 1.01. The van der Waals surface area contributed by atoms with Crippen molar-refractivity contribution in [2.45, 2.75) is 42.8 Å². The molecular formula is C13H18FNS. The third-order valence-electron chi connectivity index (χ3n) is 3.24. The zero-order valence-corrected chi connectivity index (χ0v) is 10.4. The van der Waals surface area contributed by atoms with Crippen LogP contribution in [0.2, 0.25) is 0 Å². The average Bonchev–Trinajstić information content (AvgIpc) is 2.27. The van der Waals surface area contributed by atoms with Gasteiger partial charge in [-0.25, -0.2) is 4.39 Å². The highest BCUT2D eigenvalue weighted by Gasteiger charge is 2.19. The number of hydrogen-bond donors (Lipinski definition) is 1. The van der Waals surface area contributed by atoms with Gasteiger partial charge in [0, 0.05) is 10.1 Å². The van der Waals surface area contributed by atoms with Crippen LogP contribution in [0.5, 0.6) is 0 Å². The number of thioether (sulfide) groups is 1. The first-order valence-corrected chi connectivity index (χ1v) is 6.75. The molecule has 0 atom stereocenters. The lowest BCUT2D eigenvalue weighted by Crippen LogP contribution is -2.13. The third kappa shape index (κ3) is 2.91. The van der Waals surface area contributed by atoms with E-state index in [-0.39, 0.29) is 11.5 Å². The molecule has 88 valence electrons. The van der Waals surface area contributed by atoms with Gasteiger partial charge in [0.05, 0.1) is 5.69 Å². The van der Waals surface area contributed by atoms with E-state index in [1.165, 1.54) is 25.7 Å². The Morgan fingerprint density at radius 1 is 1.25 bits per heavy atom. The van der Waals surface area contributed by atoms with Gasteiger partial charge in [0.15, 0.2) is 0 Å². The molecule has 1 nitrogen and oxygen atoms in total. The molecule has 0 spiro atoms. The quantitative estimate of drug-likeness (QED) is 0.787. The number of hydrogen-bond acceptors (Lipinski definition) is 2. The summed E-state index contributed by atoms with van der Waals surface area (Å²) in [6, 6.07) is 5.13. The second-order valence-corrected chi connectivity index (χ2v) is 6.06. The zero-order chi connectivity index (χ0) is 11.5. The minimum absolute atomic E-state index is 0.238. The highest BCUT2D eigenvalue weighted by molar-refractivity contribution is 8.00. The monoisotopic (exact) mass is 239 g/mol. The van der Waals surface area contributed by atoms with Crippen molar-refractivity contribution >= 4 is 17.4 Å². The van der Waals surface area contributed by atoms with Crippen molar-refractivity contribution in [3.05, 3.63) is 24.0 Å². The molecule has 0 aromatic heterocycles. The largest absolute Gasteiger partial charge is 0.396 e. The van der Waals surface area contributed by atoms with Gasteiger partial charge in [-0.05, 0) is 49.8 Å². The summed E-state index contributed by atoms with van der Waals surface area (Å²) in [5.41, 5.74) is 5.69. The van der Waals surface area contributed by atoms with E-state index in [0.29, 0.717) is 5.25 Å². The number of benzene rings is 1. The van der Waals surface area contributed by atoms with E-state index in [1.807, 2.05) is 6.07 Å². The topological polar surface area (TPSA) is 26.0 Å². The van der Waals surface area contributed by atoms with Crippen molar-refractivity contribution in [1.29, 1.82) is 0 Å². The minimum Gasteiger partial charge on any atom is -0.396 e. The van der Waals surface area contributed by atoms with Gasteiger partial charge in [0.1, 0.15) is 5.82 Å². The molecule has 1 aromatic carbocycles. The fourth-order valence-corrected chi connectivity index (χ4v) is 3.33. The molecule has 16 heavy (non-hydrogen) atoms. The molecule has 1 fully saturated rings. The van der Waals surface area contributed by atoms with Crippen molar-refractivity contribution in [3.8, 4) is 0 Å². The van der Waals surface area contributed by atoms with E-state index in [2.05, 4.69) is 6.92 Å². The van der Waals surface area contributed by atoms with Crippen LogP contribution in [0.25, 0.3) is 0 Å². The summed E-state index contributed by atoms with van der Waals surface area (Å²) >= 11 is 1.79. The smallest absolute Gasteiger partial charge is 0.147 e. The lowest BCUT2D eigenvalue weighted by Gasteiger charge is -2.25. The van der Waals surface area contributed by atoms with Crippen LogP contribution in [0.1, 0.15) is 32.6 Å². The molecule has 3 heteroatoms. The first kappa shape index (κ1) is 11.8. The van der Waals surface area contributed by atoms with Gasteiger partial charge < -0.3 is 5.73 Å². The molecule has 0 heterocycles. The molecule has 1 aliphatic rings. The molecular weight excluding hydrogens is 221 g/mol. The molecule has 0 unspecified atom stereocenters. The van der Waals surface area contributed by atoms with Crippen LogP contribution < -0.4 is 5.73 Å². The van der Waals surface area contributed by atoms with Gasteiger partial charge in [-0.15, -0.1) is 11.8 Å². The SMILES string of the molecule is CC1CCC(Sc2ccc(N)c(F)c2)CC1. The predicted octanol–water partition coefficient (Wildman–Crippen LogP) is 4.08. The summed E-state index contributed by atoms with van der Waals surface area (Å²) in [6.07, 6.45) is 5.10. The number of halogens is 1. The molecule has 0 saturated heterocycles. The number of nitrogens with two attached hydrogens (primary N) is 1. The Kier molecular flexibility index (Phi) is 3.74. The molecule has 2 N–H and O–H groups in total. The van der Waals surface area contributed by atoms with E-state index < -0.39 is 0 Å². The number of anilines is 1. The highest BCUT2D eigenvalue weighted by Crippen LogP contribution is 2.36. The maximum absolute atomic E-state index is 13.3. The fraction of sp³-hybridized carbons (Fsp3) is 0.538. The predicted molar refractivity (Wildman–Crippen MR) is 68.1 cm³/mol. The van der Waals surface area contributed by atoms with Crippen LogP contribution >= 0.6 is 11.8 Å². The molecule has 1 aliphatic carbocycles. The Balaban J connectivity index is 1.96. The van der Waals surface area contributed by atoms with E-state index in [1.54, 1.807) is 23.9 Å². The highest BCUT2D eigenvalue weighted by atomic mass is 32.2. The maximum Gasteiger partial charge on any atom is 0.147 e. The van der Waals surface area contributed by atoms with Crippen molar-refractivity contribution < 1.29 is 4.39 Å². The van der Waals surface area contributed by atoms with Crippen LogP contribution in [0, 0.1) is 11.7 Å². The normalized spacial score (nSPS) is 25.6. The molecule has 1 saturated carbocycles. The Morgan fingerprint density at radius 2 is 1.94 bits per heavy atom. The summed E-state index contributed by atoms with van der Waals surface area (Å²) in [7, 11) is 0. The molecule has 0 aliphatic heterocycles. The van der Waals surface area contributed by atoms with Crippen LogP contribution in [0.4, 0.5) is 10.1 Å². The van der Waals surface area contributed by atoms with Gasteiger partial charge >= 0.3 is 0 Å². The van der Waals surface area contributed by atoms with Crippen LogP contribution in [0.15, 0.2) is 23.1 Å². The second-order valence-electron chi connectivity index (χ2n) is 4.68.